The van der Waals surface area contributed by atoms with Crippen LogP contribution in [0.15, 0.2) is 36.7 Å². The van der Waals surface area contributed by atoms with Crippen LogP contribution in [0.25, 0.3) is 0 Å². The summed E-state index contributed by atoms with van der Waals surface area (Å²) in [6, 6.07) is 8.11. The van der Waals surface area contributed by atoms with Gasteiger partial charge < -0.3 is 20.1 Å². The fraction of sp³-hybridized carbons (Fsp3) is 0.368. The summed E-state index contributed by atoms with van der Waals surface area (Å²) < 4.78 is 10.0. The van der Waals surface area contributed by atoms with Gasteiger partial charge in [0.05, 0.1) is 25.9 Å². The molecule has 148 valence electrons. The van der Waals surface area contributed by atoms with Crippen molar-refractivity contribution in [3.63, 3.8) is 0 Å². The smallest absolute Gasteiger partial charge is 0.337 e. The SMILES string of the molecule is COC(=O)c1cccc(NC(=O)c2cc(NCCN3CCOCC3)ncn2)c1. The van der Waals surface area contributed by atoms with Crippen LogP contribution in [0.4, 0.5) is 11.5 Å². The number of nitrogens with one attached hydrogen (secondary N) is 2. The van der Waals surface area contributed by atoms with Crippen LogP contribution < -0.4 is 10.6 Å². The largest absolute Gasteiger partial charge is 0.465 e. The molecule has 2 heterocycles. The van der Waals surface area contributed by atoms with Crippen LogP contribution in [0.5, 0.6) is 0 Å². The molecule has 0 aliphatic carbocycles. The molecule has 0 spiro atoms. The number of amides is 1. The van der Waals surface area contributed by atoms with Gasteiger partial charge in [0, 0.05) is 37.9 Å². The van der Waals surface area contributed by atoms with E-state index in [4.69, 9.17) is 4.74 Å². The van der Waals surface area contributed by atoms with E-state index in [0.717, 1.165) is 32.8 Å². The van der Waals surface area contributed by atoms with Gasteiger partial charge in [-0.3, -0.25) is 9.69 Å². The third kappa shape index (κ3) is 5.48. The third-order valence-electron chi connectivity index (χ3n) is 4.28. The molecule has 1 aromatic carbocycles. The summed E-state index contributed by atoms with van der Waals surface area (Å²) >= 11 is 0. The Morgan fingerprint density at radius 3 is 2.82 bits per heavy atom. The lowest BCUT2D eigenvalue weighted by Gasteiger charge is -2.26. The number of hydrogen-bond donors (Lipinski definition) is 2. The third-order valence-corrected chi connectivity index (χ3v) is 4.28. The topological polar surface area (TPSA) is 106 Å². The lowest BCUT2D eigenvalue weighted by Crippen LogP contribution is -2.39. The summed E-state index contributed by atoms with van der Waals surface area (Å²) in [6.45, 7) is 4.94. The molecule has 0 radical (unpaired) electrons. The van der Waals surface area contributed by atoms with Crippen molar-refractivity contribution in [2.45, 2.75) is 0 Å². The molecule has 9 nitrogen and oxygen atoms in total. The van der Waals surface area contributed by atoms with Crippen LogP contribution in [0.1, 0.15) is 20.8 Å². The number of esters is 1. The second-order valence-corrected chi connectivity index (χ2v) is 6.20. The maximum atomic E-state index is 12.5. The summed E-state index contributed by atoms with van der Waals surface area (Å²) in [5.41, 5.74) is 1.06. The highest BCUT2D eigenvalue weighted by Crippen LogP contribution is 2.13. The molecule has 0 unspecified atom stereocenters. The van der Waals surface area contributed by atoms with Crippen molar-refractivity contribution in [1.29, 1.82) is 0 Å². The molecular weight excluding hydrogens is 362 g/mol. The number of benzene rings is 1. The van der Waals surface area contributed by atoms with Gasteiger partial charge in [0.2, 0.25) is 0 Å². The predicted molar refractivity (Wildman–Crippen MR) is 104 cm³/mol. The quantitative estimate of drug-likeness (QED) is 0.686. The number of morpholine rings is 1. The van der Waals surface area contributed by atoms with Gasteiger partial charge in [0.15, 0.2) is 0 Å². The van der Waals surface area contributed by atoms with Crippen molar-refractivity contribution in [2.75, 3.05) is 57.1 Å². The van der Waals surface area contributed by atoms with E-state index in [2.05, 4.69) is 30.2 Å². The highest BCUT2D eigenvalue weighted by molar-refractivity contribution is 6.03. The monoisotopic (exact) mass is 385 g/mol. The van der Waals surface area contributed by atoms with Gasteiger partial charge in [-0.25, -0.2) is 14.8 Å². The normalized spacial score (nSPS) is 14.3. The predicted octanol–water partition coefficient (Wildman–Crippen LogP) is 1.26. The number of anilines is 2. The van der Waals surface area contributed by atoms with Crippen molar-refractivity contribution in [2.24, 2.45) is 0 Å². The van der Waals surface area contributed by atoms with Crippen molar-refractivity contribution in [3.8, 4) is 0 Å². The maximum Gasteiger partial charge on any atom is 0.337 e. The highest BCUT2D eigenvalue weighted by Gasteiger charge is 2.12. The fourth-order valence-electron chi connectivity index (χ4n) is 2.78. The lowest BCUT2D eigenvalue weighted by atomic mass is 10.2. The Bertz CT molecular complexity index is 823. The zero-order valence-corrected chi connectivity index (χ0v) is 15.7. The number of aromatic nitrogens is 2. The highest BCUT2D eigenvalue weighted by atomic mass is 16.5. The zero-order chi connectivity index (χ0) is 19.8. The van der Waals surface area contributed by atoms with Gasteiger partial charge in [-0.1, -0.05) is 6.07 Å². The number of nitrogens with zero attached hydrogens (tertiary/aromatic N) is 3. The van der Waals surface area contributed by atoms with E-state index in [0.29, 0.717) is 23.6 Å². The van der Waals surface area contributed by atoms with Gasteiger partial charge in [-0.2, -0.15) is 0 Å². The summed E-state index contributed by atoms with van der Waals surface area (Å²) in [5.74, 6) is -0.276. The molecule has 2 N–H and O–H groups in total. The van der Waals surface area contributed by atoms with E-state index in [1.165, 1.54) is 13.4 Å². The first-order valence-corrected chi connectivity index (χ1v) is 9.01. The molecule has 1 saturated heterocycles. The summed E-state index contributed by atoms with van der Waals surface area (Å²) in [4.78, 5) is 34.6. The molecule has 1 aliphatic rings. The van der Waals surface area contributed by atoms with Gasteiger partial charge in [-0.15, -0.1) is 0 Å². The van der Waals surface area contributed by atoms with E-state index in [-0.39, 0.29) is 11.6 Å². The number of ether oxygens (including phenoxy) is 2. The molecule has 9 heteroatoms. The summed E-state index contributed by atoms with van der Waals surface area (Å²) in [6.07, 6.45) is 1.34. The number of methoxy groups -OCH3 is 1. The zero-order valence-electron chi connectivity index (χ0n) is 15.7. The molecule has 1 aliphatic heterocycles. The average molecular weight is 385 g/mol. The van der Waals surface area contributed by atoms with Crippen LogP contribution in [0.3, 0.4) is 0 Å². The lowest BCUT2D eigenvalue weighted by molar-refractivity contribution is 0.0398. The number of carbonyl (C=O) groups excluding carboxylic acids is 2. The molecule has 0 bridgehead atoms. The minimum Gasteiger partial charge on any atom is -0.465 e. The van der Waals surface area contributed by atoms with Crippen molar-refractivity contribution >= 4 is 23.4 Å². The minimum atomic E-state index is -0.468. The Labute approximate surface area is 163 Å². The van der Waals surface area contributed by atoms with Crippen molar-refractivity contribution < 1.29 is 19.1 Å². The Kier molecular flexibility index (Phi) is 6.88. The molecule has 1 aromatic heterocycles. The first-order chi connectivity index (χ1) is 13.7. The molecule has 1 amide bonds. The Morgan fingerprint density at radius 1 is 1.21 bits per heavy atom. The summed E-state index contributed by atoms with van der Waals surface area (Å²) in [7, 11) is 1.31. The van der Waals surface area contributed by atoms with Crippen LogP contribution in [0.2, 0.25) is 0 Å². The van der Waals surface area contributed by atoms with E-state index in [1.54, 1.807) is 30.3 Å². The standard InChI is InChI=1S/C19H23N5O4/c1-27-19(26)14-3-2-4-15(11-14)23-18(25)16-12-17(22-13-21-16)20-5-6-24-7-9-28-10-8-24/h2-4,11-13H,5-10H2,1H3,(H,23,25)(H,20,21,22). The Hall–Kier alpha value is -3.04. The van der Waals surface area contributed by atoms with Crippen LogP contribution in [-0.4, -0.2) is 73.2 Å². The first-order valence-electron chi connectivity index (χ1n) is 9.01. The second kappa shape index (κ2) is 9.77. The molecular formula is C19H23N5O4. The molecule has 0 atom stereocenters. The fourth-order valence-corrected chi connectivity index (χ4v) is 2.78. The average Bonchev–Trinajstić information content (AvgIpc) is 2.74. The van der Waals surface area contributed by atoms with Gasteiger partial charge in [0.1, 0.15) is 17.8 Å². The van der Waals surface area contributed by atoms with Gasteiger partial charge >= 0.3 is 5.97 Å². The van der Waals surface area contributed by atoms with Crippen molar-refractivity contribution in [3.05, 3.63) is 47.9 Å². The molecule has 2 aromatic rings. The molecule has 0 saturated carbocycles. The van der Waals surface area contributed by atoms with E-state index in [1.807, 2.05) is 0 Å². The van der Waals surface area contributed by atoms with Crippen LogP contribution >= 0.6 is 0 Å². The Balaban J connectivity index is 1.56. The minimum absolute atomic E-state index is 0.229. The number of rotatable bonds is 7. The van der Waals surface area contributed by atoms with Gasteiger partial charge in [-0.05, 0) is 18.2 Å². The second-order valence-electron chi connectivity index (χ2n) is 6.20. The van der Waals surface area contributed by atoms with E-state index < -0.39 is 5.97 Å². The molecule has 28 heavy (non-hydrogen) atoms. The first kappa shape index (κ1) is 19.7. The molecule has 3 rings (SSSR count). The van der Waals surface area contributed by atoms with Crippen molar-refractivity contribution in [1.82, 2.24) is 14.9 Å². The number of hydrogen-bond acceptors (Lipinski definition) is 8. The van der Waals surface area contributed by atoms with Gasteiger partial charge in [0.25, 0.3) is 5.91 Å². The molecule has 1 fully saturated rings. The van der Waals surface area contributed by atoms with E-state index in [9.17, 15) is 9.59 Å². The van der Waals surface area contributed by atoms with Crippen LogP contribution in [0, 0.1) is 0 Å². The maximum absolute atomic E-state index is 12.5. The van der Waals surface area contributed by atoms with E-state index >= 15 is 0 Å². The van der Waals surface area contributed by atoms with Crippen LogP contribution in [-0.2, 0) is 9.47 Å². The number of carbonyl (C=O) groups is 2. The summed E-state index contributed by atoms with van der Waals surface area (Å²) in [5, 5.41) is 5.93. The Morgan fingerprint density at radius 2 is 2.04 bits per heavy atom.